The van der Waals surface area contributed by atoms with E-state index in [0.717, 1.165) is 76.0 Å². The molecule has 4 aliphatic rings. The summed E-state index contributed by atoms with van der Waals surface area (Å²) in [7, 11) is -6.83. The van der Waals surface area contributed by atoms with E-state index in [1.807, 2.05) is 0 Å². The van der Waals surface area contributed by atoms with Gasteiger partial charge < -0.3 is 15.5 Å². The molecule has 55 heavy (non-hydrogen) atoms. The Labute approximate surface area is 337 Å². The van der Waals surface area contributed by atoms with Crippen LogP contribution in [-0.4, -0.2) is 63.6 Å². The number of hydrogen-bond donors (Lipinski definition) is 3. The van der Waals surface area contributed by atoms with Crippen LogP contribution >= 0.6 is 23.2 Å². The molecule has 0 spiro atoms. The van der Waals surface area contributed by atoms with E-state index in [-0.39, 0.29) is 42.8 Å². The Bertz CT molecular complexity index is 1760. The summed E-state index contributed by atoms with van der Waals surface area (Å²) in [6, 6.07) is 10.3. The smallest absolute Gasteiger partial charge is 0.335 e. The molecule has 0 bridgehead atoms. The number of carboxylic acid groups (broad SMARTS) is 2. The molecule has 0 amide bonds. The van der Waals surface area contributed by atoms with Gasteiger partial charge >= 0.3 is 11.9 Å². The van der Waals surface area contributed by atoms with Crippen LogP contribution in [0.2, 0.25) is 10.0 Å². The largest absolute Gasteiger partial charge is 0.478 e. The van der Waals surface area contributed by atoms with Crippen molar-refractivity contribution in [3.63, 3.8) is 0 Å². The maximum absolute atomic E-state index is 11.5. The van der Waals surface area contributed by atoms with Crippen molar-refractivity contribution in [2.45, 2.75) is 137 Å². The zero-order chi connectivity index (χ0) is 40.2. The molecule has 0 atom stereocenters. The molecule has 0 heterocycles. The number of carbonyl (C=O) groups is 2. The average Bonchev–Trinajstić information content (AvgIpc) is 3.85. The second-order valence-corrected chi connectivity index (χ2v) is 20.3. The minimum absolute atomic E-state index is 0.0125. The number of hydrogen-bond acceptors (Lipinski definition) is 7. The predicted octanol–water partition coefficient (Wildman–Crippen LogP) is 10.0. The molecule has 6 rings (SSSR count). The lowest BCUT2D eigenvalue weighted by Gasteiger charge is -2.30. The standard InChI is InChI=1S/2C15H17ClO4S.C12H23N/c2*1-21(19,20)14-7-6-11(9-13(14)16)12(15(17)18)8-10-4-2-3-5-10;1-3-7-11(8-4-1)13-12-9-5-2-6-10-12/h2*6-10H,2-5H2,1H3,(H,17,18);11-13H,1-10H2/b2*12-8+;. The zero-order valence-electron chi connectivity index (χ0n) is 32.1. The van der Waals surface area contributed by atoms with Gasteiger partial charge in [0.2, 0.25) is 0 Å². The molecule has 0 unspecified atom stereocenters. The van der Waals surface area contributed by atoms with Gasteiger partial charge in [-0.3, -0.25) is 0 Å². The van der Waals surface area contributed by atoms with Crippen molar-refractivity contribution in [2.24, 2.45) is 11.8 Å². The summed E-state index contributed by atoms with van der Waals surface area (Å²) in [6.07, 6.45) is 28.7. The van der Waals surface area contributed by atoms with E-state index in [0.29, 0.717) is 11.1 Å². The van der Waals surface area contributed by atoms with Crippen molar-refractivity contribution in [3.8, 4) is 0 Å². The van der Waals surface area contributed by atoms with Crippen LogP contribution in [0.3, 0.4) is 0 Å². The zero-order valence-corrected chi connectivity index (χ0v) is 35.2. The van der Waals surface area contributed by atoms with Crippen LogP contribution < -0.4 is 5.32 Å². The molecule has 9 nitrogen and oxygen atoms in total. The molecular formula is C42H57Cl2NO8S2. The molecule has 13 heteroatoms. The lowest BCUT2D eigenvalue weighted by Crippen LogP contribution is -2.40. The SMILES string of the molecule is C1CCC(NC2CCCCC2)CC1.CS(=O)(=O)c1ccc(/C(=C\C2CCCC2)C(=O)O)cc1Cl.CS(=O)(=O)c1ccc(/C(=C\C2CCCC2)C(=O)O)cc1Cl. The number of rotatable bonds is 10. The van der Waals surface area contributed by atoms with Crippen molar-refractivity contribution in [3.05, 3.63) is 69.7 Å². The number of halogens is 2. The Hall–Kier alpha value is -2.70. The van der Waals surface area contributed by atoms with E-state index in [1.165, 1.54) is 101 Å². The lowest BCUT2D eigenvalue weighted by atomic mass is 9.91. The van der Waals surface area contributed by atoms with E-state index in [1.54, 1.807) is 12.2 Å². The first-order chi connectivity index (χ1) is 26.0. The van der Waals surface area contributed by atoms with Crippen LogP contribution in [-0.2, 0) is 29.3 Å². The molecule has 304 valence electrons. The molecule has 2 aromatic rings. The van der Waals surface area contributed by atoms with Crippen LogP contribution in [0.25, 0.3) is 11.1 Å². The Morgan fingerprint density at radius 1 is 0.564 bits per heavy atom. The summed E-state index contributed by atoms with van der Waals surface area (Å²) < 4.78 is 46.1. The number of allylic oxidation sites excluding steroid dienone is 2. The molecule has 4 saturated carbocycles. The van der Waals surface area contributed by atoms with Crippen LogP contribution in [0.5, 0.6) is 0 Å². The summed E-state index contributed by atoms with van der Waals surface area (Å²) in [5.74, 6) is -1.51. The molecular weight excluding hydrogens is 782 g/mol. The predicted molar refractivity (Wildman–Crippen MR) is 221 cm³/mol. The van der Waals surface area contributed by atoms with Crippen molar-refractivity contribution in [2.75, 3.05) is 12.5 Å². The summed E-state index contributed by atoms with van der Waals surface area (Å²) in [5, 5.41) is 22.7. The summed E-state index contributed by atoms with van der Waals surface area (Å²) >= 11 is 12.0. The highest BCUT2D eigenvalue weighted by molar-refractivity contribution is 7.91. The number of sulfone groups is 2. The molecule has 3 N–H and O–H groups in total. The van der Waals surface area contributed by atoms with Gasteiger partial charge in [-0.25, -0.2) is 26.4 Å². The number of carboxylic acids is 2. The minimum atomic E-state index is -3.42. The van der Waals surface area contributed by atoms with Gasteiger partial charge in [0.25, 0.3) is 0 Å². The van der Waals surface area contributed by atoms with Crippen LogP contribution in [0, 0.1) is 11.8 Å². The van der Waals surface area contributed by atoms with Gasteiger partial charge in [-0.15, -0.1) is 0 Å². The van der Waals surface area contributed by atoms with Gasteiger partial charge in [0.05, 0.1) is 31.0 Å². The number of nitrogens with one attached hydrogen (secondary N) is 1. The normalized spacial score (nSPS) is 19.6. The lowest BCUT2D eigenvalue weighted by molar-refractivity contribution is -0.131. The van der Waals surface area contributed by atoms with E-state index in [2.05, 4.69) is 5.32 Å². The third-order valence-corrected chi connectivity index (χ3v) is 14.2. The molecule has 4 fully saturated rings. The topological polar surface area (TPSA) is 155 Å². The van der Waals surface area contributed by atoms with E-state index >= 15 is 0 Å². The number of aliphatic carboxylic acids is 2. The molecule has 0 radical (unpaired) electrons. The third-order valence-electron chi connectivity index (χ3n) is 11.0. The first-order valence-corrected chi connectivity index (χ1v) is 24.2. The van der Waals surface area contributed by atoms with Gasteiger partial charge in [0, 0.05) is 24.6 Å². The Balaban J connectivity index is 0.000000189. The van der Waals surface area contributed by atoms with Crippen LogP contribution in [0.15, 0.2) is 58.3 Å². The average molecular weight is 839 g/mol. The second kappa shape index (κ2) is 21.2. The van der Waals surface area contributed by atoms with Crippen molar-refractivity contribution < 1.29 is 36.6 Å². The number of benzene rings is 2. The molecule has 0 aromatic heterocycles. The first-order valence-electron chi connectivity index (χ1n) is 19.7. The third kappa shape index (κ3) is 14.3. The van der Waals surface area contributed by atoms with Gasteiger partial charge in [-0.2, -0.15) is 0 Å². The van der Waals surface area contributed by atoms with E-state index in [4.69, 9.17) is 23.2 Å². The fourth-order valence-electron chi connectivity index (χ4n) is 8.11. The quantitative estimate of drug-likeness (QED) is 0.198. The molecule has 2 aromatic carbocycles. The highest BCUT2D eigenvalue weighted by atomic mass is 35.5. The van der Waals surface area contributed by atoms with Crippen molar-refractivity contribution in [1.82, 2.24) is 5.32 Å². The molecule has 0 aliphatic heterocycles. The van der Waals surface area contributed by atoms with Crippen LogP contribution in [0.1, 0.15) is 127 Å². The Morgan fingerprint density at radius 2 is 0.873 bits per heavy atom. The Kier molecular flexibility index (Phi) is 17.3. The summed E-state index contributed by atoms with van der Waals surface area (Å²) in [4.78, 5) is 22.9. The van der Waals surface area contributed by atoms with E-state index in [9.17, 15) is 36.6 Å². The van der Waals surface area contributed by atoms with E-state index < -0.39 is 31.6 Å². The maximum atomic E-state index is 11.5. The molecule has 0 saturated heterocycles. The van der Waals surface area contributed by atoms with Gasteiger partial charge in [0.15, 0.2) is 19.7 Å². The highest BCUT2D eigenvalue weighted by Crippen LogP contribution is 2.33. The monoisotopic (exact) mass is 837 g/mol. The first kappa shape index (κ1) is 45.0. The van der Waals surface area contributed by atoms with Crippen molar-refractivity contribution in [1.29, 1.82) is 0 Å². The highest BCUT2D eigenvalue weighted by Gasteiger charge is 2.22. The fraction of sp³-hybridized carbons (Fsp3) is 0.571. The summed E-state index contributed by atoms with van der Waals surface area (Å²) in [5.41, 5.74) is 1.24. The second-order valence-electron chi connectivity index (χ2n) is 15.5. The van der Waals surface area contributed by atoms with Gasteiger partial charge in [-0.05, 0) is 98.6 Å². The van der Waals surface area contributed by atoms with Gasteiger partial charge in [0.1, 0.15) is 0 Å². The van der Waals surface area contributed by atoms with Gasteiger partial charge in [-0.1, -0.05) is 112 Å². The Morgan fingerprint density at radius 3 is 1.15 bits per heavy atom. The summed E-state index contributed by atoms with van der Waals surface area (Å²) in [6.45, 7) is 0. The maximum Gasteiger partial charge on any atom is 0.335 e. The van der Waals surface area contributed by atoms with Crippen molar-refractivity contribution >= 4 is 66.0 Å². The molecule has 4 aliphatic carbocycles. The van der Waals surface area contributed by atoms with Crippen LogP contribution in [0.4, 0.5) is 0 Å². The fourth-order valence-corrected chi connectivity index (χ4v) is 10.8. The minimum Gasteiger partial charge on any atom is -0.478 e.